The molecule has 1 N–H and O–H groups in total. The van der Waals surface area contributed by atoms with Crippen molar-refractivity contribution >= 4 is 33.4 Å². The summed E-state index contributed by atoms with van der Waals surface area (Å²) in [6, 6.07) is 9.23. The predicted molar refractivity (Wildman–Crippen MR) is 99.3 cm³/mol. The summed E-state index contributed by atoms with van der Waals surface area (Å²) in [4.78, 5) is 30.6. The van der Waals surface area contributed by atoms with Gasteiger partial charge in [0.1, 0.15) is 11.5 Å². The van der Waals surface area contributed by atoms with Gasteiger partial charge in [-0.05, 0) is 37.3 Å². The van der Waals surface area contributed by atoms with Crippen molar-refractivity contribution in [3.05, 3.63) is 52.9 Å². The maximum absolute atomic E-state index is 13.0. The number of thiazole rings is 1. The van der Waals surface area contributed by atoms with Crippen molar-refractivity contribution in [1.82, 2.24) is 15.2 Å². The number of nitrogens with zero attached hydrogens (tertiary/aromatic N) is 2. The third-order valence-corrected chi connectivity index (χ3v) is 5.49. The van der Waals surface area contributed by atoms with Gasteiger partial charge in [-0.2, -0.15) is 0 Å². The first-order chi connectivity index (χ1) is 12.5. The van der Waals surface area contributed by atoms with Crippen LogP contribution in [0, 0.1) is 6.92 Å². The van der Waals surface area contributed by atoms with Crippen LogP contribution in [0.3, 0.4) is 0 Å². The fourth-order valence-corrected chi connectivity index (χ4v) is 4.21. The Bertz CT molecular complexity index is 977. The number of aryl methyl sites for hydroxylation is 1. The predicted octanol–water partition coefficient (Wildman–Crippen LogP) is 2.94. The molecule has 0 spiro atoms. The normalized spacial score (nSPS) is 19.8. The van der Waals surface area contributed by atoms with Crippen LogP contribution >= 0.6 is 11.3 Å². The molecule has 2 unspecified atom stereocenters. The molecule has 134 valence electrons. The van der Waals surface area contributed by atoms with Crippen molar-refractivity contribution in [3.63, 3.8) is 0 Å². The van der Waals surface area contributed by atoms with Crippen molar-refractivity contribution in [1.29, 1.82) is 0 Å². The Hall–Kier alpha value is -2.67. The van der Waals surface area contributed by atoms with Crippen LogP contribution in [0.4, 0.5) is 0 Å². The molecule has 3 heterocycles. The first kappa shape index (κ1) is 16.8. The molecule has 1 aromatic carbocycles. The SMILES string of the molecule is CC(=O)NC1CN(C(=O)c2ccc3ncsc3c2)CC1c1ccc(C)o1. The molecule has 1 saturated heterocycles. The van der Waals surface area contributed by atoms with Crippen LogP contribution in [0.5, 0.6) is 0 Å². The van der Waals surface area contributed by atoms with Crippen LogP contribution in [-0.4, -0.2) is 40.8 Å². The molecule has 1 aliphatic heterocycles. The second-order valence-electron chi connectivity index (χ2n) is 6.61. The zero-order valence-electron chi connectivity index (χ0n) is 14.6. The van der Waals surface area contributed by atoms with E-state index in [1.54, 1.807) is 10.4 Å². The number of hydrogen-bond acceptors (Lipinski definition) is 5. The Morgan fingerprint density at radius 2 is 2.12 bits per heavy atom. The number of amides is 2. The van der Waals surface area contributed by atoms with Gasteiger partial charge in [0.2, 0.25) is 5.91 Å². The average Bonchev–Trinajstić information content (AvgIpc) is 3.32. The second kappa shape index (κ2) is 6.57. The molecular weight excluding hydrogens is 350 g/mol. The van der Waals surface area contributed by atoms with E-state index in [4.69, 9.17) is 4.42 Å². The smallest absolute Gasteiger partial charge is 0.253 e. The number of nitrogens with one attached hydrogen (secondary N) is 1. The Balaban J connectivity index is 1.59. The average molecular weight is 369 g/mol. The standard InChI is InChI=1S/C19H19N3O3S/c1-11-3-6-17(25-11)14-8-22(9-16(14)21-12(2)23)19(24)13-4-5-15-18(7-13)26-10-20-15/h3-7,10,14,16H,8-9H2,1-2H3,(H,21,23). The van der Waals surface area contributed by atoms with E-state index >= 15 is 0 Å². The summed E-state index contributed by atoms with van der Waals surface area (Å²) >= 11 is 1.52. The minimum absolute atomic E-state index is 0.0403. The van der Waals surface area contributed by atoms with Crippen molar-refractivity contribution < 1.29 is 14.0 Å². The summed E-state index contributed by atoms with van der Waals surface area (Å²) in [5, 5.41) is 2.96. The highest BCUT2D eigenvalue weighted by molar-refractivity contribution is 7.16. The molecule has 0 saturated carbocycles. The molecule has 0 aliphatic carbocycles. The summed E-state index contributed by atoms with van der Waals surface area (Å²) in [5.74, 6) is 1.42. The van der Waals surface area contributed by atoms with E-state index in [9.17, 15) is 9.59 Å². The highest BCUT2D eigenvalue weighted by Gasteiger charge is 2.38. The number of furan rings is 1. The molecule has 7 heteroatoms. The van der Waals surface area contributed by atoms with E-state index in [-0.39, 0.29) is 23.8 Å². The lowest BCUT2D eigenvalue weighted by molar-refractivity contribution is -0.119. The highest BCUT2D eigenvalue weighted by Crippen LogP contribution is 2.30. The lowest BCUT2D eigenvalue weighted by atomic mass is 10.0. The van der Waals surface area contributed by atoms with Crippen LogP contribution in [-0.2, 0) is 4.79 Å². The number of fused-ring (bicyclic) bond motifs is 1. The second-order valence-corrected chi connectivity index (χ2v) is 7.49. The minimum atomic E-state index is -0.158. The van der Waals surface area contributed by atoms with E-state index in [2.05, 4.69) is 10.3 Å². The van der Waals surface area contributed by atoms with Crippen LogP contribution < -0.4 is 5.32 Å². The third kappa shape index (κ3) is 3.10. The van der Waals surface area contributed by atoms with Crippen LogP contribution in [0.2, 0.25) is 0 Å². The van der Waals surface area contributed by atoms with Gasteiger partial charge in [0.05, 0.1) is 27.7 Å². The molecule has 0 bridgehead atoms. The van der Waals surface area contributed by atoms with Gasteiger partial charge in [0.25, 0.3) is 5.91 Å². The number of likely N-dealkylation sites (tertiary alicyclic amines) is 1. The monoisotopic (exact) mass is 369 g/mol. The molecule has 2 amide bonds. The topological polar surface area (TPSA) is 75.4 Å². The quantitative estimate of drug-likeness (QED) is 0.770. The molecule has 2 atom stereocenters. The molecule has 3 aromatic rings. The molecule has 1 aliphatic rings. The number of aromatic nitrogens is 1. The first-order valence-electron chi connectivity index (χ1n) is 8.47. The number of benzene rings is 1. The van der Waals surface area contributed by atoms with Crippen molar-refractivity contribution in [2.45, 2.75) is 25.8 Å². The summed E-state index contributed by atoms with van der Waals surface area (Å²) in [5.41, 5.74) is 3.31. The highest BCUT2D eigenvalue weighted by atomic mass is 32.1. The van der Waals surface area contributed by atoms with Gasteiger partial charge in [-0.1, -0.05) is 0 Å². The van der Waals surface area contributed by atoms with Gasteiger partial charge >= 0.3 is 0 Å². The van der Waals surface area contributed by atoms with Gasteiger partial charge in [-0.25, -0.2) is 4.98 Å². The Morgan fingerprint density at radius 3 is 2.85 bits per heavy atom. The van der Waals surface area contributed by atoms with Crippen LogP contribution in [0.15, 0.2) is 40.3 Å². The van der Waals surface area contributed by atoms with Gasteiger partial charge < -0.3 is 14.6 Å². The van der Waals surface area contributed by atoms with E-state index in [1.165, 1.54) is 18.3 Å². The lowest BCUT2D eigenvalue weighted by Crippen LogP contribution is -2.39. The number of carbonyl (C=O) groups is 2. The first-order valence-corrected chi connectivity index (χ1v) is 9.35. The van der Waals surface area contributed by atoms with E-state index in [0.717, 1.165) is 21.7 Å². The molecule has 4 rings (SSSR count). The number of carbonyl (C=O) groups excluding carboxylic acids is 2. The zero-order chi connectivity index (χ0) is 18.3. The fraction of sp³-hybridized carbons (Fsp3) is 0.316. The maximum atomic E-state index is 13.0. The zero-order valence-corrected chi connectivity index (χ0v) is 15.4. The Morgan fingerprint density at radius 1 is 1.27 bits per heavy atom. The van der Waals surface area contributed by atoms with E-state index in [0.29, 0.717) is 18.7 Å². The van der Waals surface area contributed by atoms with Gasteiger partial charge in [0, 0.05) is 25.6 Å². The number of rotatable bonds is 3. The van der Waals surface area contributed by atoms with Gasteiger partial charge in [0.15, 0.2) is 0 Å². The number of hydrogen-bond donors (Lipinski definition) is 1. The summed E-state index contributed by atoms with van der Waals surface area (Å²) in [6.07, 6.45) is 0. The molecule has 1 fully saturated rings. The molecule has 6 nitrogen and oxygen atoms in total. The van der Waals surface area contributed by atoms with E-state index < -0.39 is 0 Å². The Labute approximate surface area is 154 Å². The van der Waals surface area contributed by atoms with Gasteiger partial charge in [-0.3, -0.25) is 9.59 Å². The summed E-state index contributed by atoms with van der Waals surface area (Å²) in [7, 11) is 0. The van der Waals surface area contributed by atoms with Gasteiger partial charge in [-0.15, -0.1) is 11.3 Å². The van der Waals surface area contributed by atoms with Crippen LogP contribution in [0.25, 0.3) is 10.2 Å². The van der Waals surface area contributed by atoms with Crippen LogP contribution in [0.1, 0.15) is 34.7 Å². The lowest BCUT2D eigenvalue weighted by Gasteiger charge is -2.17. The van der Waals surface area contributed by atoms with E-state index in [1.807, 2.05) is 37.3 Å². The molecule has 26 heavy (non-hydrogen) atoms. The van der Waals surface area contributed by atoms with Crippen molar-refractivity contribution in [2.75, 3.05) is 13.1 Å². The summed E-state index contributed by atoms with van der Waals surface area (Å²) in [6.45, 7) is 4.35. The molecule has 0 radical (unpaired) electrons. The van der Waals surface area contributed by atoms with Crippen molar-refractivity contribution in [3.8, 4) is 0 Å². The minimum Gasteiger partial charge on any atom is -0.466 e. The largest absolute Gasteiger partial charge is 0.466 e. The molecule has 2 aromatic heterocycles. The third-order valence-electron chi connectivity index (χ3n) is 4.70. The summed E-state index contributed by atoms with van der Waals surface area (Å²) < 4.78 is 6.76. The fourth-order valence-electron chi connectivity index (χ4n) is 3.49. The maximum Gasteiger partial charge on any atom is 0.253 e. The molecular formula is C19H19N3O3S. The Kier molecular flexibility index (Phi) is 4.24. The van der Waals surface area contributed by atoms with Crippen molar-refractivity contribution in [2.24, 2.45) is 0 Å².